The minimum Gasteiger partial charge on any atom is -0.462 e. The molecule has 364 valence electrons. The molecule has 0 saturated carbocycles. The van der Waals surface area contributed by atoms with Gasteiger partial charge in [-0.05, 0) is 83.5 Å². The lowest BCUT2D eigenvalue weighted by atomic mass is 10.1. The highest BCUT2D eigenvalue weighted by Gasteiger charge is 2.19. The molecular formula is C57H100O6. The van der Waals surface area contributed by atoms with Crippen molar-refractivity contribution < 1.29 is 28.6 Å². The molecular weight excluding hydrogens is 781 g/mol. The number of carbonyl (C=O) groups excluding carboxylic acids is 3. The SMILES string of the molecule is CC/C=C\C/C=C\C/C=C\C/C=C\CCCCCCC(=O)OC[C@H](COC(=O)CCCCCCCCCCCCC)OC(=O)CCCCCCCCC/C=C\CCCCCCCC. The minimum atomic E-state index is -0.784. The van der Waals surface area contributed by atoms with Crippen LogP contribution in [0.1, 0.15) is 265 Å². The Bertz CT molecular complexity index is 1150. The van der Waals surface area contributed by atoms with Gasteiger partial charge in [-0.1, -0.05) is 223 Å². The molecule has 1 atom stereocenters. The first-order valence-corrected chi connectivity index (χ1v) is 26.8. The first-order valence-electron chi connectivity index (χ1n) is 26.8. The number of esters is 3. The van der Waals surface area contributed by atoms with E-state index in [2.05, 4.69) is 81.5 Å². The maximum atomic E-state index is 12.8. The molecule has 0 radical (unpaired) electrons. The van der Waals surface area contributed by atoms with Crippen LogP contribution in [0.2, 0.25) is 0 Å². The Balaban J connectivity index is 4.39. The maximum Gasteiger partial charge on any atom is 0.306 e. The average Bonchev–Trinajstić information content (AvgIpc) is 3.28. The van der Waals surface area contributed by atoms with Gasteiger partial charge in [0, 0.05) is 19.3 Å². The quantitative estimate of drug-likeness (QED) is 0.0262. The van der Waals surface area contributed by atoms with Crippen molar-refractivity contribution in [2.24, 2.45) is 0 Å². The van der Waals surface area contributed by atoms with E-state index in [1.165, 1.54) is 128 Å². The molecule has 0 saturated heterocycles. The van der Waals surface area contributed by atoms with Crippen LogP contribution in [0.4, 0.5) is 0 Å². The molecule has 63 heavy (non-hydrogen) atoms. The third-order valence-electron chi connectivity index (χ3n) is 11.5. The van der Waals surface area contributed by atoms with Gasteiger partial charge in [-0.25, -0.2) is 0 Å². The van der Waals surface area contributed by atoms with E-state index in [9.17, 15) is 14.4 Å². The second-order valence-electron chi connectivity index (χ2n) is 17.8. The van der Waals surface area contributed by atoms with E-state index in [0.717, 1.165) is 96.3 Å². The summed E-state index contributed by atoms with van der Waals surface area (Å²) in [6.45, 7) is 6.50. The normalized spacial score (nSPS) is 12.5. The standard InChI is InChI=1S/C57H100O6/c1-4-7-10-13-16-19-22-24-26-28-30-32-35-38-41-44-47-50-56(59)62-53-54(52-61-55(58)49-46-43-40-37-34-21-18-15-12-9-6-3)63-57(60)51-48-45-42-39-36-33-31-29-27-25-23-20-17-14-11-8-5-2/h7,10,16,19,24-27,30,32,54H,4-6,8-9,11-15,17-18,20-23,28-29,31,33-53H2,1-3H3/b10-7-,19-16-,26-24-,27-25-,32-30-/t54-/m0/s1. The molecule has 0 spiro atoms. The molecule has 0 rings (SSSR count). The minimum absolute atomic E-state index is 0.0819. The van der Waals surface area contributed by atoms with Crippen molar-refractivity contribution in [3.05, 3.63) is 60.8 Å². The second kappa shape index (κ2) is 51.7. The van der Waals surface area contributed by atoms with Gasteiger partial charge in [-0.3, -0.25) is 14.4 Å². The Labute approximate surface area is 390 Å². The molecule has 0 aromatic rings. The van der Waals surface area contributed by atoms with Crippen LogP contribution in [0.5, 0.6) is 0 Å². The van der Waals surface area contributed by atoms with Crippen molar-refractivity contribution >= 4 is 17.9 Å². The molecule has 0 amide bonds. The fraction of sp³-hybridized carbons (Fsp3) is 0.772. The number of carbonyl (C=O) groups is 3. The van der Waals surface area contributed by atoms with Crippen LogP contribution in [0.15, 0.2) is 60.8 Å². The second-order valence-corrected chi connectivity index (χ2v) is 17.8. The number of rotatable bonds is 48. The summed E-state index contributed by atoms with van der Waals surface area (Å²) in [5.41, 5.74) is 0. The van der Waals surface area contributed by atoms with Crippen molar-refractivity contribution in [1.82, 2.24) is 0 Å². The fourth-order valence-electron chi connectivity index (χ4n) is 7.49. The van der Waals surface area contributed by atoms with Crippen LogP contribution in [0.3, 0.4) is 0 Å². The summed E-state index contributed by atoms with van der Waals surface area (Å²) in [5.74, 6) is -0.905. The predicted molar refractivity (Wildman–Crippen MR) is 270 cm³/mol. The van der Waals surface area contributed by atoms with Gasteiger partial charge in [0.05, 0.1) is 0 Å². The smallest absolute Gasteiger partial charge is 0.306 e. The summed E-state index contributed by atoms with van der Waals surface area (Å²) in [5, 5.41) is 0. The van der Waals surface area contributed by atoms with Gasteiger partial charge in [0.25, 0.3) is 0 Å². The van der Waals surface area contributed by atoms with E-state index in [0.29, 0.717) is 19.3 Å². The fourth-order valence-corrected chi connectivity index (χ4v) is 7.49. The lowest BCUT2D eigenvalue weighted by Gasteiger charge is -2.18. The summed E-state index contributed by atoms with van der Waals surface area (Å²) in [6, 6.07) is 0. The van der Waals surface area contributed by atoms with Crippen molar-refractivity contribution in [3.63, 3.8) is 0 Å². The van der Waals surface area contributed by atoms with Crippen LogP contribution in [0, 0.1) is 0 Å². The van der Waals surface area contributed by atoms with Crippen molar-refractivity contribution in [1.29, 1.82) is 0 Å². The zero-order chi connectivity index (χ0) is 45.8. The predicted octanol–water partition coefficient (Wildman–Crippen LogP) is 17.6. The molecule has 0 aliphatic heterocycles. The van der Waals surface area contributed by atoms with Crippen molar-refractivity contribution in [2.45, 2.75) is 271 Å². The Morgan fingerprint density at radius 1 is 0.333 bits per heavy atom. The molecule has 0 N–H and O–H groups in total. The van der Waals surface area contributed by atoms with Gasteiger partial charge < -0.3 is 14.2 Å². The number of hydrogen-bond acceptors (Lipinski definition) is 6. The Hall–Kier alpha value is -2.89. The van der Waals surface area contributed by atoms with Crippen LogP contribution >= 0.6 is 0 Å². The van der Waals surface area contributed by atoms with Gasteiger partial charge in [0.15, 0.2) is 6.10 Å². The van der Waals surface area contributed by atoms with Crippen LogP contribution in [-0.2, 0) is 28.6 Å². The van der Waals surface area contributed by atoms with E-state index in [1.54, 1.807) is 0 Å². The summed E-state index contributed by atoms with van der Waals surface area (Å²) < 4.78 is 16.8. The van der Waals surface area contributed by atoms with E-state index in [1.807, 2.05) is 0 Å². The lowest BCUT2D eigenvalue weighted by Crippen LogP contribution is -2.30. The van der Waals surface area contributed by atoms with Crippen LogP contribution in [-0.4, -0.2) is 37.2 Å². The van der Waals surface area contributed by atoms with Crippen molar-refractivity contribution in [2.75, 3.05) is 13.2 Å². The van der Waals surface area contributed by atoms with Crippen molar-refractivity contribution in [3.8, 4) is 0 Å². The van der Waals surface area contributed by atoms with E-state index in [-0.39, 0.29) is 31.1 Å². The molecule has 0 fully saturated rings. The molecule has 0 aliphatic rings. The molecule has 0 aromatic carbocycles. The van der Waals surface area contributed by atoms with Gasteiger partial charge in [-0.2, -0.15) is 0 Å². The Kier molecular flexibility index (Phi) is 49.4. The Morgan fingerprint density at radius 2 is 0.619 bits per heavy atom. The molecule has 0 aliphatic carbocycles. The highest BCUT2D eigenvalue weighted by atomic mass is 16.6. The summed E-state index contributed by atoms with van der Waals surface area (Å²) in [7, 11) is 0. The first kappa shape index (κ1) is 60.1. The van der Waals surface area contributed by atoms with Gasteiger partial charge in [0.1, 0.15) is 13.2 Å². The monoisotopic (exact) mass is 881 g/mol. The first-order chi connectivity index (χ1) is 31.0. The van der Waals surface area contributed by atoms with E-state index < -0.39 is 6.10 Å². The molecule has 0 unspecified atom stereocenters. The highest BCUT2D eigenvalue weighted by Crippen LogP contribution is 2.15. The topological polar surface area (TPSA) is 78.9 Å². The summed E-state index contributed by atoms with van der Waals surface area (Å²) >= 11 is 0. The van der Waals surface area contributed by atoms with Crippen LogP contribution in [0.25, 0.3) is 0 Å². The molecule has 0 aromatic heterocycles. The lowest BCUT2D eigenvalue weighted by molar-refractivity contribution is -0.167. The third-order valence-corrected chi connectivity index (χ3v) is 11.5. The average molecular weight is 881 g/mol. The van der Waals surface area contributed by atoms with E-state index in [4.69, 9.17) is 14.2 Å². The van der Waals surface area contributed by atoms with E-state index >= 15 is 0 Å². The van der Waals surface area contributed by atoms with Gasteiger partial charge >= 0.3 is 17.9 Å². The summed E-state index contributed by atoms with van der Waals surface area (Å²) in [4.78, 5) is 38.0. The van der Waals surface area contributed by atoms with Gasteiger partial charge in [0.2, 0.25) is 0 Å². The van der Waals surface area contributed by atoms with Crippen LogP contribution < -0.4 is 0 Å². The number of allylic oxidation sites excluding steroid dienone is 10. The molecule has 0 bridgehead atoms. The molecule has 6 heteroatoms. The highest BCUT2D eigenvalue weighted by molar-refractivity contribution is 5.71. The van der Waals surface area contributed by atoms with Gasteiger partial charge in [-0.15, -0.1) is 0 Å². The maximum absolute atomic E-state index is 12.8. The number of hydrogen-bond donors (Lipinski definition) is 0. The zero-order valence-corrected chi connectivity index (χ0v) is 41.6. The number of ether oxygens (including phenoxy) is 3. The molecule has 0 heterocycles. The zero-order valence-electron chi connectivity index (χ0n) is 41.6. The number of unbranched alkanes of at least 4 members (excludes halogenated alkanes) is 27. The third kappa shape index (κ3) is 50.0. The largest absolute Gasteiger partial charge is 0.462 e. The molecule has 6 nitrogen and oxygen atoms in total. The Morgan fingerprint density at radius 3 is 0.984 bits per heavy atom. The summed E-state index contributed by atoms with van der Waals surface area (Å²) in [6.07, 6.45) is 63.4.